The predicted molar refractivity (Wildman–Crippen MR) is 564 cm³/mol. The summed E-state index contributed by atoms with van der Waals surface area (Å²) >= 11 is 11.2. The summed E-state index contributed by atoms with van der Waals surface area (Å²) in [6, 6.07) is 7.14. The Morgan fingerprint density at radius 1 is 0.313 bits per heavy atom. The summed E-state index contributed by atoms with van der Waals surface area (Å²) in [5, 5.41) is 57.5. The molecule has 55 heteroatoms. The first kappa shape index (κ1) is 138. The molecule has 0 aliphatic heterocycles. The number of nitro groups is 4. The second kappa shape index (κ2) is 73.0. The van der Waals surface area contributed by atoms with Crippen LogP contribution in [0.15, 0.2) is 85.0 Å². The Morgan fingerprint density at radius 2 is 0.513 bits per heavy atom. The van der Waals surface area contributed by atoms with Gasteiger partial charge >= 0.3 is 66.2 Å². The Morgan fingerprint density at radius 3 is 0.687 bits per heavy atom. The summed E-state index contributed by atoms with van der Waals surface area (Å²) in [6.07, 6.45) is -3.09. The summed E-state index contributed by atoms with van der Waals surface area (Å²) < 4.78 is 113. The molecule has 0 fully saturated rings. The number of rotatable bonds is 58. The number of benzene rings is 4. The molecule has 150 heavy (non-hydrogen) atoms. The third-order valence-electron chi connectivity index (χ3n) is 17.2. The molecule has 0 aliphatic carbocycles. The standard InChI is InChI=1S/2C25H36N2O11S.2C19H27BrN2O8S.C7H12O3/c2*1-16(2)22(28)37-11-9-35-8-10-36-21-13-19(27(31)32)17(12-20(21)33-6)14-39-15-18(23(29)34-7)26-24(30)38-25(3,4)5;2*1-19(2,3)30-18(24)21-13(17(23)28-5)11-31-10-12-8-15(27-4)16(29-7-6-20)9-14(12)22(25)26;1-6(2)7(8)10-5-4-9-3/h2*12-13,18H,1,8-11,14-15H2,2-7H3,(H,26,30);2*8-9,13H,6-7,10-11H2,1-5H3,(H,21,24);1,4-5H2,2-3H3. The number of nitrogens with zero attached hydrogens (tertiary/aromatic N) is 4. The van der Waals surface area contributed by atoms with Crippen molar-refractivity contribution >= 4 is 168 Å². The average molecular weight is 2340 g/mol. The van der Waals surface area contributed by atoms with Gasteiger partial charge in [0.2, 0.25) is 0 Å². The van der Waals surface area contributed by atoms with Gasteiger partial charge < -0.3 is 125 Å². The van der Waals surface area contributed by atoms with Gasteiger partial charge in [-0.15, -0.1) is 0 Å². The minimum Gasteiger partial charge on any atom is -0.493 e. The number of ether oxygens (including phenoxy) is 22. The molecular formula is C95H138Br2N8O41S4. The molecule has 4 N–H and O–H groups in total. The van der Waals surface area contributed by atoms with Crippen LogP contribution in [0.1, 0.15) is 126 Å². The number of hydrogen-bond acceptors (Lipinski definition) is 45. The van der Waals surface area contributed by atoms with Crippen LogP contribution in [0, 0.1) is 40.5 Å². The minimum atomic E-state index is -1.03. The van der Waals surface area contributed by atoms with E-state index in [1.165, 1.54) is 166 Å². The zero-order valence-electron chi connectivity index (χ0n) is 88.5. The van der Waals surface area contributed by atoms with Crippen LogP contribution in [0.3, 0.4) is 0 Å². The van der Waals surface area contributed by atoms with Crippen molar-refractivity contribution in [2.45, 2.75) is 173 Å². The van der Waals surface area contributed by atoms with Crippen molar-refractivity contribution < 1.29 is 177 Å². The lowest BCUT2D eigenvalue weighted by Crippen LogP contribution is -2.45. The lowest BCUT2D eigenvalue weighted by molar-refractivity contribution is -0.385. The molecule has 4 rings (SSSR count). The highest BCUT2D eigenvalue weighted by Gasteiger charge is 2.34. The number of carbonyl (C=O) groups excluding carboxylic acids is 11. The Balaban J connectivity index is 0.00000192. The molecule has 0 saturated carbocycles. The van der Waals surface area contributed by atoms with E-state index in [4.69, 9.17) is 94.7 Å². The maximum absolute atomic E-state index is 12.1. The molecule has 4 amide bonds. The minimum absolute atomic E-state index is 0.0526. The molecule has 0 bridgehead atoms. The number of amides is 4. The van der Waals surface area contributed by atoms with Crippen molar-refractivity contribution in [3.63, 3.8) is 0 Å². The van der Waals surface area contributed by atoms with Crippen molar-refractivity contribution in [1.29, 1.82) is 0 Å². The topological polar surface area (TPSA) is 612 Å². The number of carbonyl (C=O) groups is 11. The van der Waals surface area contributed by atoms with Crippen LogP contribution in [0.25, 0.3) is 0 Å². The number of nitro benzene ring substituents is 4. The number of esters is 7. The van der Waals surface area contributed by atoms with Gasteiger partial charge in [0.15, 0.2) is 46.0 Å². The monoisotopic (exact) mass is 2330 g/mol. The molecule has 4 unspecified atom stereocenters. The highest BCUT2D eigenvalue weighted by molar-refractivity contribution is 9.09. The fraction of sp³-hybridized carbons (Fsp3) is 0.568. The van der Waals surface area contributed by atoms with E-state index in [9.17, 15) is 93.2 Å². The second-order valence-corrected chi connectivity index (χ2v) is 39.9. The summed E-state index contributed by atoms with van der Waals surface area (Å²) in [5.41, 5.74) is -1.24. The molecule has 0 aliphatic rings. The van der Waals surface area contributed by atoms with E-state index < -0.39 is 126 Å². The first-order valence-corrected chi connectivity index (χ1v) is 51.9. The van der Waals surface area contributed by atoms with E-state index in [-0.39, 0.29) is 173 Å². The first-order chi connectivity index (χ1) is 70.3. The Bertz CT molecular complexity index is 4800. The molecule has 0 spiro atoms. The van der Waals surface area contributed by atoms with Crippen LogP contribution >= 0.6 is 78.9 Å². The van der Waals surface area contributed by atoms with Gasteiger partial charge in [-0.2, -0.15) is 47.0 Å². The second-order valence-electron chi connectivity index (χ2n) is 34.2. The van der Waals surface area contributed by atoms with Gasteiger partial charge in [-0.25, -0.2) is 52.7 Å². The molecule has 0 heterocycles. The van der Waals surface area contributed by atoms with Gasteiger partial charge in [-0.3, -0.25) is 40.5 Å². The van der Waals surface area contributed by atoms with E-state index >= 15 is 0 Å². The molecule has 4 aromatic rings. The van der Waals surface area contributed by atoms with Gasteiger partial charge in [0, 0.05) is 103 Å². The van der Waals surface area contributed by atoms with E-state index in [0.717, 1.165) is 0 Å². The van der Waals surface area contributed by atoms with Crippen LogP contribution in [0.4, 0.5) is 41.9 Å². The quantitative estimate of drug-likeness (QED) is 0.00606. The number of thioether (sulfide) groups is 4. The molecule has 0 saturated heterocycles. The van der Waals surface area contributed by atoms with Gasteiger partial charge in [0.25, 0.3) is 22.7 Å². The zero-order chi connectivity index (χ0) is 114. The molecule has 0 radical (unpaired) electrons. The number of hydrogen-bond donors (Lipinski definition) is 4. The number of alkyl carbamates (subject to hydrolysis) is 4. The van der Waals surface area contributed by atoms with Crippen LogP contribution in [-0.4, -0.2) is 309 Å². The van der Waals surface area contributed by atoms with E-state index in [0.29, 0.717) is 76.4 Å². The first-order valence-electron chi connectivity index (χ1n) is 45.1. The normalized spacial score (nSPS) is 11.6. The van der Waals surface area contributed by atoms with Crippen molar-refractivity contribution in [1.82, 2.24) is 21.3 Å². The van der Waals surface area contributed by atoms with Gasteiger partial charge in [-0.05, 0) is 128 Å². The summed E-state index contributed by atoms with van der Waals surface area (Å²) in [4.78, 5) is 174. The Hall–Kier alpha value is -12.3. The lowest BCUT2D eigenvalue weighted by atomic mass is 10.2. The highest BCUT2D eigenvalue weighted by atomic mass is 79.9. The molecule has 49 nitrogen and oxygen atoms in total. The highest BCUT2D eigenvalue weighted by Crippen LogP contribution is 2.41. The number of methoxy groups -OCH3 is 9. The van der Waals surface area contributed by atoms with Crippen molar-refractivity contribution in [2.24, 2.45) is 0 Å². The fourth-order valence-corrected chi connectivity index (χ4v) is 15.1. The zero-order valence-corrected chi connectivity index (χ0v) is 95.0. The summed E-state index contributed by atoms with van der Waals surface area (Å²) in [5.74, 6) is -0.948. The molecule has 4 aromatic carbocycles. The van der Waals surface area contributed by atoms with Crippen LogP contribution in [-0.2, 0) is 123 Å². The number of alkyl halides is 2. The van der Waals surface area contributed by atoms with Gasteiger partial charge in [-0.1, -0.05) is 51.6 Å². The number of nitrogens with one attached hydrogen (secondary N) is 4. The fourth-order valence-electron chi connectivity index (χ4n) is 10.7. The molecule has 0 aromatic heterocycles. The van der Waals surface area contributed by atoms with Gasteiger partial charge in [0.05, 0.1) is 147 Å². The maximum atomic E-state index is 12.1. The van der Waals surface area contributed by atoms with Crippen molar-refractivity contribution in [2.75, 3.05) is 177 Å². The summed E-state index contributed by atoms with van der Waals surface area (Å²) in [6.45, 7) is 37.5. The molecule has 4 atom stereocenters. The van der Waals surface area contributed by atoms with Gasteiger partial charge in [0.1, 0.15) is 79.6 Å². The van der Waals surface area contributed by atoms with Crippen molar-refractivity contribution in [3.8, 4) is 46.0 Å². The SMILES string of the molecule is C=C(C)C(=O)OCCOC.C=C(C)C(=O)OCCOCCOc1cc([N+](=O)[O-])c(CSCC(NC(=O)OC(C)(C)C)C(=O)OC)cc1OC.C=C(C)C(=O)OCCOCCOc1cc([N+](=O)[O-])c(CSCC(NC(=O)OC(C)(C)C)C(=O)OC)cc1OC.COC(=O)C(CSCc1cc(OC)c(OCCBr)cc1[N+](=O)[O-])NC(=O)OC(C)(C)C.COC(=O)C(CSCc1cc(OC)c(OCCBr)cc1[N+](=O)[O-])NC(=O)OC(C)(C)C. The third kappa shape index (κ3) is 58.8. The smallest absolute Gasteiger partial charge is 0.408 e. The lowest BCUT2D eigenvalue weighted by Gasteiger charge is -2.22. The Kier molecular flexibility index (Phi) is 67.0. The predicted octanol–water partition coefficient (Wildman–Crippen LogP) is 14.9. The van der Waals surface area contributed by atoms with E-state index in [2.05, 4.69) is 82.3 Å². The van der Waals surface area contributed by atoms with E-state index in [1.54, 1.807) is 97.1 Å². The Labute approximate surface area is 904 Å². The number of halogens is 2. The molecular weight excluding hydrogens is 2200 g/mol. The maximum Gasteiger partial charge on any atom is 0.408 e. The third-order valence-corrected chi connectivity index (χ3v) is 22.2. The van der Waals surface area contributed by atoms with Crippen LogP contribution < -0.4 is 59.2 Å². The van der Waals surface area contributed by atoms with Crippen LogP contribution in [0.2, 0.25) is 0 Å². The molecule has 842 valence electrons. The van der Waals surface area contributed by atoms with E-state index in [1.807, 2.05) is 0 Å². The average Bonchev–Trinajstić information content (AvgIpc) is 0.825. The van der Waals surface area contributed by atoms with Crippen LogP contribution in [0.5, 0.6) is 46.0 Å². The summed E-state index contributed by atoms with van der Waals surface area (Å²) in [7, 11) is 12.0. The van der Waals surface area contributed by atoms with Crippen molar-refractivity contribution in [3.05, 3.63) is 148 Å². The largest absolute Gasteiger partial charge is 0.493 e.